The zero-order chi connectivity index (χ0) is 15.5. The molecule has 21 heavy (non-hydrogen) atoms. The van der Waals surface area contributed by atoms with Gasteiger partial charge in [-0.3, -0.25) is 4.31 Å². The van der Waals surface area contributed by atoms with Crippen molar-refractivity contribution in [1.29, 1.82) is 5.26 Å². The van der Waals surface area contributed by atoms with Crippen molar-refractivity contribution in [2.45, 2.75) is 6.54 Å². The summed E-state index contributed by atoms with van der Waals surface area (Å²) < 4.78 is 26.3. The maximum absolute atomic E-state index is 12.0. The molecule has 6 heteroatoms. The average Bonchev–Trinajstić information content (AvgIpc) is 2.45. The molecule has 0 amide bonds. The van der Waals surface area contributed by atoms with Gasteiger partial charge >= 0.3 is 0 Å². The number of anilines is 1. The number of rotatable bonds is 4. The molecule has 0 unspecified atom stereocenters. The number of sulfonamides is 1. The summed E-state index contributed by atoms with van der Waals surface area (Å²) in [6.45, 7) is 0.223. The number of hydrogen-bond acceptors (Lipinski definition) is 3. The van der Waals surface area contributed by atoms with Gasteiger partial charge in [-0.2, -0.15) is 5.26 Å². The van der Waals surface area contributed by atoms with Gasteiger partial charge < -0.3 is 0 Å². The fraction of sp³-hybridized carbons (Fsp3) is 0.133. The van der Waals surface area contributed by atoms with Gasteiger partial charge in [-0.15, -0.1) is 0 Å². The molecule has 0 aliphatic carbocycles. The second-order valence-corrected chi connectivity index (χ2v) is 7.38. The van der Waals surface area contributed by atoms with Gasteiger partial charge in [0.15, 0.2) is 0 Å². The van der Waals surface area contributed by atoms with Gasteiger partial charge in [-0.1, -0.05) is 34.1 Å². The third kappa shape index (κ3) is 4.06. The monoisotopic (exact) mass is 364 g/mol. The summed E-state index contributed by atoms with van der Waals surface area (Å²) >= 11 is 3.35. The van der Waals surface area contributed by atoms with Crippen LogP contribution in [0.15, 0.2) is 53.0 Å². The van der Waals surface area contributed by atoms with Gasteiger partial charge in [0, 0.05) is 4.47 Å². The molecule has 0 aliphatic rings. The van der Waals surface area contributed by atoms with Crippen LogP contribution >= 0.6 is 15.9 Å². The Hall–Kier alpha value is -1.84. The first-order valence-electron chi connectivity index (χ1n) is 6.12. The van der Waals surface area contributed by atoms with Gasteiger partial charge in [-0.25, -0.2) is 8.42 Å². The second kappa shape index (κ2) is 6.29. The maximum atomic E-state index is 12.0. The summed E-state index contributed by atoms with van der Waals surface area (Å²) in [5, 5.41) is 8.94. The fourth-order valence-electron chi connectivity index (χ4n) is 1.89. The molecule has 2 rings (SSSR count). The van der Waals surface area contributed by atoms with Crippen molar-refractivity contribution < 1.29 is 8.42 Å². The van der Waals surface area contributed by atoms with E-state index in [0.717, 1.165) is 16.3 Å². The highest BCUT2D eigenvalue weighted by atomic mass is 79.9. The molecule has 0 saturated heterocycles. The average molecular weight is 365 g/mol. The van der Waals surface area contributed by atoms with Crippen LogP contribution in [0.1, 0.15) is 11.1 Å². The van der Waals surface area contributed by atoms with Gasteiger partial charge in [0.05, 0.1) is 30.1 Å². The normalized spacial score (nSPS) is 10.9. The minimum atomic E-state index is -3.44. The molecule has 0 spiro atoms. The standard InChI is InChI=1S/C15H13BrN2O2S/c1-21(19,20)18(11-12-5-7-14(16)8-6-12)15-4-2-3-13(9-15)10-17/h2-9H,11H2,1H3. The first kappa shape index (κ1) is 15.5. The van der Waals surface area contributed by atoms with Crippen LogP contribution in [0.4, 0.5) is 5.69 Å². The molecule has 0 fully saturated rings. The quantitative estimate of drug-likeness (QED) is 0.835. The molecule has 0 radical (unpaired) electrons. The minimum Gasteiger partial charge on any atom is -0.266 e. The van der Waals surface area contributed by atoms with Gasteiger partial charge in [0.2, 0.25) is 10.0 Å². The summed E-state index contributed by atoms with van der Waals surface area (Å²) in [5.74, 6) is 0. The van der Waals surface area contributed by atoms with E-state index in [1.54, 1.807) is 24.3 Å². The van der Waals surface area contributed by atoms with E-state index in [1.165, 1.54) is 4.31 Å². The van der Waals surface area contributed by atoms with Crippen LogP contribution in [0.5, 0.6) is 0 Å². The van der Waals surface area contributed by atoms with E-state index in [-0.39, 0.29) is 6.54 Å². The van der Waals surface area contributed by atoms with E-state index >= 15 is 0 Å². The lowest BCUT2D eigenvalue weighted by Gasteiger charge is -2.22. The highest BCUT2D eigenvalue weighted by Crippen LogP contribution is 2.22. The molecular weight excluding hydrogens is 352 g/mol. The molecular formula is C15H13BrN2O2S. The predicted octanol–water partition coefficient (Wildman–Crippen LogP) is 3.29. The van der Waals surface area contributed by atoms with Crippen LogP contribution in [0.3, 0.4) is 0 Å². The summed E-state index contributed by atoms with van der Waals surface area (Å²) in [5.41, 5.74) is 1.78. The van der Waals surface area contributed by atoms with Crippen molar-refractivity contribution in [1.82, 2.24) is 0 Å². The molecule has 0 aliphatic heterocycles. The van der Waals surface area contributed by atoms with Crippen molar-refractivity contribution in [2.24, 2.45) is 0 Å². The second-order valence-electron chi connectivity index (χ2n) is 4.56. The Balaban J connectivity index is 2.40. The van der Waals surface area contributed by atoms with Gasteiger partial charge in [0.1, 0.15) is 0 Å². The SMILES string of the molecule is CS(=O)(=O)N(Cc1ccc(Br)cc1)c1cccc(C#N)c1. The first-order valence-corrected chi connectivity index (χ1v) is 8.76. The van der Waals surface area contributed by atoms with Crippen LogP contribution < -0.4 is 4.31 Å². The Morgan fingerprint density at radius 2 is 1.86 bits per heavy atom. The van der Waals surface area contributed by atoms with E-state index in [0.29, 0.717) is 11.3 Å². The van der Waals surface area contributed by atoms with E-state index in [1.807, 2.05) is 30.3 Å². The molecule has 0 bridgehead atoms. The van der Waals surface area contributed by atoms with Crippen LogP contribution in [-0.4, -0.2) is 14.7 Å². The lowest BCUT2D eigenvalue weighted by molar-refractivity contribution is 0.596. The summed E-state index contributed by atoms with van der Waals surface area (Å²) in [6, 6.07) is 16.0. The summed E-state index contributed by atoms with van der Waals surface area (Å²) in [4.78, 5) is 0. The third-order valence-corrected chi connectivity index (χ3v) is 4.57. The van der Waals surface area contributed by atoms with E-state index in [4.69, 9.17) is 5.26 Å². The van der Waals surface area contributed by atoms with E-state index in [2.05, 4.69) is 15.9 Å². The number of hydrogen-bond donors (Lipinski definition) is 0. The third-order valence-electron chi connectivity index (χ3n) is 2.90. The van der Waals surface area contributed by atoms with Crippen molar-refractivity contribution in [2.75, 3.05) is 10.6 Å². The van der Waals surface area contributed by atoms with Crippen molar-refractivity contribution in [3.8, 4) is 6.07 Å². The molecule has 108 valence electrons. The Bertz CT molecular complexity index is 780. The molecule has 2 aromatic carbocycles. The number of halogens is 1. The van der Waals surface area contributed by atoms with Crippen LogP contribution in [-0.2, 0) is 16.6 Å². The highest BCUT2D eigenvalue weighted by Gasteiger charge is 2.18. The Morgan fingerprint density at radius 1 is 1.19 bits per heavy atom. The van der Waals surface area contributed by atoms with Crippen LogP contribution in [0.2, 0.25) is 0 Å². The first-order chi connectivity index (χ1) is 9.90. The van der Waals surface area contributed by atoms with Crippen molar-refractivity contribution in [3.63, 3.8) is 0 Å². The number of nitriles is 1. The number of nitrogens with zero attached hydrogens (tertiary/aromatic N) is 2. The van der Waals surface area contributed by atoms with Gasteiger partial charge in [0.25, 0.3) is 0 Å². The topological polar surface area (TPSA) is 61.2 Å². The number of benzene rings is 2. The lowest BCUT2D eigenvalue weighted by Crippen LogP contribution is -2.29. The van der Waals surface area contributed by atoms with Crippen LogP contribution in [0, 0.1) is 11.3 Å². The van der Waals surface area contributed by atoms with Crippen LogP contribution in [0.25, 0.3) is 0 Å². The Labute approximate surface area is 132 Å². The molecule has 2 aromatic rings. The predicted molar refractivity (Wildman–Crippen MR) is 86.3 cm³/mol. The fourth-order valence-corrected chi connectivity index (χ4v) is 3.03. The van der Waals surface area contributed by atoms with Crippen molar-refractivity contribution in [3.05, 3.63) is 64.1 Å². The zero-order valence-electron chi connectivity index (χ0n) is 11.3. The Morgan fingerprint density at radius 3 is 2.43 bits per heavy atom. The molecule has 0 N–H and O–H groups in total. The largest absolute Gasteiger partial charge is 0.266 e. The summed E-state index contributed by atoms with van der Waals surface area (Å²) in [6.07, 6.45) is 1.16. The van der Waals surface area contributed by atoms with E-state index in [9.17, 15) is 8.42 Å². The molecule has 4 nitrogen and oxygen atoms in total. The molecule has 0 atom stereocenters. The van der Waals surface area contributed by atoms with E-state index < -0.39 is 10.0 Å². The smallest absolute Gasteiger partial charge is 0.232 e. The molecule has 0 aromatic heterocycles. The van der Waals surface area contributed by atoms with Crippen molar-refractivity contribution >= 4 is 31.6 Å². The zero-order valence-corrected chi connectivity index (χ0v) is 13.7. The minimum absolute atomic E-state index is 0.223. The maximum Gasteiger partial charge on any atom is 0.232 e. The highest BCUT2D eigenvalue weighted by molar-refractivity contribution is 9.10. The van der Waals surface area contributed by atoms with Gasteiger partial charge in [-0.05, 0) is 35.9 Å². The summed E-state index contributed by atoms with van der Waals surface area (Å²) in [7, 11) is -3.44. The molecule has 0 saturated carbocycles. The molecule has 0 heterocycles. The lowest BCUT2D eigenvalue weighted by atomic mass is 10.2. The Kier molecular flexibility index (Phi) is 4.66.